The summed E-state index contributed by atoms with van der Waals surface area (Å²) in [5.41, 5.74) is 3.16. The van der Waals surface area contributed by atoms with Gasteiger partial charge in [0.25, 0.3) is 0 Å². The molecule has 1 aromatic carbocycles. The van der Waals surface area contributed by atoms with E-state index in [1.54, 1.807) is 16.0 Å². The lowest BCUT2D eigenvalue weighted by molar-refractivity contribution is -0.137. The number of esters is 1. The predicted molar refractivity (Wildman–Crippen MR) is 87.2 cm³/mol. The smallest absolute Gasteiger partial charge is 0.337 e. The number of carbonyl (C=O) groups excluding carboxylic acids is 2. The molecule has 120 valence electrons. The molecule has 2 amide bonds. The molecule has 2 aliphatic rings. The normalized spacial score (nSPS) is 19.6. The van der Waals surface area contributed by atoms with Gasteiger partial charge >= 0.3 is 12.0 Å². The van der Waals surface area contributed by atoms with E-state index in [2.05, 4.69) is 0 Å². The largest absolute Gasteiger partial charge is 0.466 e. The molecular formula is C18H20N2O3. The summed E-state index contributed by atoms with van der Waals surface area (Å²) >= 11 is 0. The number of amides is 2. The van der Waals surface area contributed by atoms with Crippen molar-refractivity contribution >= 4 is 18.1 Å². The van der Waals surface area contributed by atoms with E-state index in [9.17, 15) is 9.59 Å². The Kier molecular flexibility index (Phi) is 3.94. The number of nitrogens with zero attached hydrogens (tertiary/aromatic N) is 2. The number of urea groups is 1. The fourth-order valence-electron chi connectivity index (χ4n) is 3.26. The van der Waals surface area contributed by atoms with Crippen LogP contribution in [0.2, 0.25) is 0 Å². The van der Waals surface area contributed by atoms with Crippen LogP contribution in [0.4, 0.5) is 4.79 Å². The van der Waals surface area contributed by atoms with Crippen LogP contribution in [0, 0.1) is 0 Å². The maximum atomic E-state index is 12.8. The molecule has 0 fully saturated rings. The molecule has 5 nitrogen and oxygen atoms in total. The molecule has 2 heterocycles. The van der Waals surface area contributed by atoms with Crippen LogP contribution in [0.25, 0.3) is 6.08 Å². The minimum Gasteiger partial charge on any atom is -0.466 e. The molecule has 1 aromatic rings. The highest BCUT2D eigenvalue weighted by Crippen LogP contribution is 2.41. The molecule has 0 spiro atoms. The lowest BCUT2D eigenvalue weighted by atomic mass is 9.88. The lowest BCUT2D eigenvalue weighted by Crippen LogP contribution is -2.49. The fraction of sp³-hybridized carbons (Fsp3) is 0.333. The zero-order chi connectivity index (χ0) is 16.6. The fourth-order valence-corrected chi connectivity index (χ4v) is 3.26. The van der Waals surface area contributed by atoms with Crippen LogP contribution in [0.1, 0.15) is 37.4 Å². The Hall–Kier alpha value is -2.56. The van der Waals surface area contributed by atoms with Crippen molar-refractivity contribution in [1.82, 2.24) is 9.80 Å². The summed E-state index contributed by atoms with van der Waals surface area (Å²) in [4.78, 5) is 28.5. The zero-order valence-electron chi connectivity index (χ0n) is 13.6. The van der Waals surface area contributed by atoms with Gasteiger partial charge in [-0.25, -0.2) is 9.59 Å². The van der Waals surface area contributed by atoms with Crippen LogP contribution in [-0.2, 0) is 9.53 Å². The molecule has 0 N–H and O–H groups in total. The maximum absolute atomic E-state index is 12.8. The molecule has 23 heavy (non-hydrogen) atoms. The second-order valence-electron chi connectivity index (χ2n) is 5.68. The average molecular weight is 312 g/mol. The number of methoxy groups -OCH3 is 1. The van der Waals surface area contributed by atoms with Gasteiger partial charge in [0.05, 0.1) is 18.7 Å². The number of fused-ring (bicyclic) bond motifs is 3. The van der Waals surface area contributed by atoms with Crippen LogP contribution >= 0.6 is 0 Å². The van der Waals surface area contributed by atoms with Crippen molar-refractivity contribution < 1.29 is 14.3 Å². The first kappa shape index (κ1) is 15.3. The third-order valence-corrected chi connectivity index (χ3v) is 4.36. The van der Waals surface area contributed by atoms with Crippen LogP contribution in [0.5, 0.6) is 0 Å². The first-order valence-corrected chi connectivity index (χ1v) is 7.76. The minimum atomic E-state index is -0.427. The molecule has 0 saturated heterocycles. The van der Waals surface area contributed by atoms with Crippen molar-refractivity contribution in [2.45, 2.75) is 26.3 Å². The Balaban J connectivity index is 2.21. The van der Waals surface area contributed by atoms with Gasteiger partial charge in [-0.15, -0.1) is 0 Å². The van der Waals surface area contributed by atoms with Crippen molar-refractivity contribution in [3.05, 3.63) is 52.9 Å². The highest BCUT2D eigenvalue weighted by molar-refractivity contribution is 5.96. The van der Waals surface area contributed by atoms with Crippen molar-refractivity contribution in [2.24, 2.45) is 0 Å². The maximum Gasteiger partial charge on any atom is 0.337 e. The van der Waals surface area contributed by atoms with Gasteiger partial charge in [-0.1, -0.05) is 31.2 Å². The first-order chi connectivity index (χ1) is 11.1. The van der Waals surface area contributed by atoms with E-state index in [1.807, 2.05) is 44.2 Å². The molecule has 0 aliphatic carbocycles. The summed E-state index contributed by atoms with van der Waals surface area (Å²) in [7, 11) is 1.37. The van der Waals surface area contributed by atoms with Crippen molar-refractivity contribution in [3.8, 4) is 0 Å². The monoisotopic (exact) mass is 312 g/mol. The van der Waals surface area contributed by atoms with E-state index in [0.717, 1.165) is 17.5 Å². The number of rotatable bonds is 3. The van der Waals surface area contributed by atoms with E-state index < -0.39 is 12.0 Å². The predicted octanol–water partition coefficient (Wildman–Crippen LogP) is 3.31. The molecule has 1 atom stereocenters. The van der Waals surface area contributed by atoms with Gasteiger partial charge in [-0.2, -0.15) is 0 Å². The van der Waals surface area contributed by atoms with Gasteiger partial charge in [0.2, 0.25) is 0 Å². The Labute approximate surface area is 135 Å². The third kappa shape index (κ3) is 2.32. The molecule has 0 saturated carbocycles. The summed E-state index contributed by atoms with van der Waals surface area (Å²) in [5.74, 6) is -0.392. The van der Waals surface area contributed by atoms with Gasteiger partial charge in [-0.05, 0) is 30.5 Å². The van der Waals surface area contributed by atoms with E-state index in [-0.39, 0.29) is 6.03 Å². The highest BCUT2D eigenvalue weighted by Gasteiger charge is 2.42. The van der Waals surface area contributed by atoms with E-state index >= 15 is 0 Å². The molecule has 5 heteroatoms. The number of hydrogen-bond donors (Lipinski definition) is 0. The minimum absolute atomic E-state index is 0.104. The SMILES string of the molecule is CCCN1C(=O)N2C=Cc3ccccc3C2C(C(=O)OC)=C1C. The van der Waals surface area contributed by atoms with Crippen LogP contribution in [0.15, 0.2) is 41.7 Å². The summed E-state index contributed by atoms with van der Waals surface area (Å²) < 4.78 is 5.00. The van der Waals surface area contributed by atoms with Gasteiger partial charge in [0.15, 0.2) is 0 Å². The first-order valence-electron chi connectivity index (χ1n) is 7.76. The quantitative estimate of drug-likeness (QED) is 0.805. The van der Waals surface area contributed by atoms with Crippen molar-refractivity contribution in [1.29, 1.82) is 0 Å². The van der Waals surface area contributed by atoms with Gasteiger partial charge in [-0.3, -0.25) is 9.80 Å². The molecule has 0 bridgehead atoms. The summed E-state index contributed by atoms with van der Waals surface area (Å²) in [5, 5.41) is 0. The Bertz CT molecular complexity index is 721. The third-order valence-electron chi connectivity index (χ3n) is 4.36. The van der Waals surface area contributed by atoms with E-state index in [4.69, 9.17) is 4.74 Å². The summed E-state index contributed by atoms with van der Waals surface area (Å²) in [6.07, 6.45) is 4.48. The number of ether oxygens (including phenoxy) is 1. The molecule has 0 aromatic heterocycles. The summed E-state index contributed by atoms with van der Waals surface area (Å²) in [6.45, 7) is 4.40. The topological polar surface area (TPSA) is 49.9 Å². The van der Waals surface area contributed by atoms with E-state index in [1.165, 1.54) is 7.11 Å². The Morgan fingerprint density at radius 2 is 2.04 bits per heavy atom. The molecule has 3 rings (SSSR count). The highest BCUT2D eigenvalue weighted by atomic mass is 16.5. The number of benzene rings is 1. The van der Waals surface area contributed by atoms with Crippen LogP contribution in [0.3, 0.4) is 0 Å². The van der Waals surface area contributed by atoms with Crippen molar-refractivity contribution in [2.75, 3.05) is 13.7 Å². The second-order valence-corrected chi connectivity index (χ2v) is 5.68. The van der Waals surface area contributed by atoms with Gasteiger partial charge in [0, 0.05) is 18.4 Å². The number of hydrogen-bond acceptors (Lipinski definition) is 3. The van der Waals surface area contributed by atoms with Crippen LogP contribution in [-0.4, -0.2) is 35.5 Å². The van der Waals surface area contributed by atoms with Crippen LogP contribution < -0.4 is 0 Å². The van der Waals surface area contributed by atoms with E-state index in [0.29, 0.717) is 17.8 Å². The Morgan fingerprint density at radius 1 is 1.30 bits per heavy atom. The zero-order valence-corrected chi connectivity index (χ0v) is 13.6. The summed E-state index contributed by atoms with van der Waals surface area (Å²) in [6, 6.07) is 7.27. The van der Waals surface area contributed by atoms with Crippen molar-refractivity contribution in [3.63, 3.8) is 0 Å². The molecule has 2 aliphatic heterocycles. The standard InChI is InChI=1S/C18H20N2O3/c1-4-10-19-12(2)15(17(21)23-3)16-14-8-6-5-7-13(14)9-11-20(16)18(19)22/h5-9,11,16H,4,10H2,1-3H3. The van der Waals surface area contributed by atoms with Gasteiger partial charge in [0.1, 0.15) is 0 Å². The number of allylic oxidation sites excluding steroid dienone is 1. The molecular weight excluding hydrogens is 292 g/mol. The Morgan fingerprint density at radius 3 is 2.74 bits per heavy atom. The molecule has 1 unspecified atom stereocenters. The lowest BCUT2D eigenvalue weighted by Gasteiger charge is -2.43. The molecule has 0 radical (unpaired) electrons. The second kappa shape index (κ2) is 5.91. The average Bonchev–Trinajstić information content (AvgIpc) is 2.58. The van der Waals surface area contributed by atoms with Gasteiger partial charge < -0.3 is 4.74 Å². The number of carbonyl (C=O) groups is 2.